The first-order chi connectivity index (χ1) is 11.8. The Morgan fingerprint density at radius 2 is 1.54 bits per heavy atom. The third-order valence-electron chi connectivity index (χ3n) is 4.46. The van der Waals surface area contributed by atoms with Gasteiger partial charge in [0.05, 0.1) is 5.92 Å². The lowest BCUT2D eigenvalue weighted by Gasteiger charge is -2.27. The summed E-state index contributed by atoms with van der Waals surface area (Å²) in [4.78, 5) is 12.3. The number of carbonyl (C=O) groups is 1. The molecule has 0 aliphatic heterocycles. The van der Waals surface area contributed by atoms with Gasteiger partial charge >= 0.3 is 5.97 Å². The van der Waals surface area contributed by atoms with E-state index in [1.807, 2.05) is 12.1 Å². The van der Waals surface area contributed by atoms with Crippen LogP contribution >= 0.6 is 15.9 Å². The summed E-state index contributed by atoms with van der Waals surface area (Å²) in [5.41, 5.74) is 5.08. The van der Waals surface area contributed by atoms with Crippen LogP contribution in [0.3, 0.4) is 0 Å². The lowest BCUT2D eigenvalue weighted by atomic mass is 9.78. The maximum atomic E-state index is 12.3. The minimum Gasteiger partial charge on any atom is -0.465 e. The Hall–Kier alpha value is -1.87. The minimum absolute atomic E-state index is 0.0493. The number of hydrogen-bond acceptors (Lipinski definition) is 2. The highest BCUT2D eigenvalue weighted by Crippen LogP contribution is 2.40. The van der Waals surface area contributed by atoms with Crippen LogP contribution in [0, 0.1) is 5.92 Å². The number of halogens is 1. The first kappa shape index (κ1) is 17.0. The molecule has 3 heteroatoms. The molecule has 0 saturated carbocycles. The molecule has 1 aliphatic carbocycles. The number of benzene rings is 2. The summed E-state index contributed by atoms with van der Waals surface area (Å²) in [7, 11) is 0. The Morgan fingerprint density at radius 1 is 0.958 bits per heavy atom. The highest BCUT2D eigenvalue weighted by Gasteiger charge is 2.28. The van der Waals surface area contributed by atoms with Crippen LogP contribution in [-0.2, 0) is 9.53 Å². The van der Waals surface area contributed by atoms with E-state index in [0.717, 1.165) is 19.3 Å². The van der Waals surface area contributed by atoms with Gasteiger partial charge in [-0.1, -0.05) is 76.6 Å². The molecule has 0 spiro atoms. The van der Waals surface area contributed by atoms with Crippen LogP contribution in [-0.4, -0.2) is 17.9 Å². The quantitative estimate of drug-likeness (QED) is 0.513. The lowest BCUT2D eigenvalue weighted by molar-refractivity contribution is -0.147. The lowest BCUT2D eigenvalue weighted by Crippen LogP contribution is -2.22. The maximum Gasteiger partial charge on any atom is 0.309 e. The van der Waals surface area contributed by atoms with E-state index in [9.17, 15) is 4.79 Å². The summed E-state index contributed by atoms with van der Waals surface area (Å²) in [6.07, 6.45) is 2.50. The fourth-order valence-corrected chi connectivity index (χ4v) is 3.45. The second kappa shape index (κ2) is 8.29. The Balaban J connectivity index is 1.93. The number of carbonyl (C=O) groups excluding carboxylic acids is 1. The van der Waals surface area contributed by atoms with E-state index in [2.05, 4.69) is 64.5 Å². The molecule has 0 saturated heterocycles. The van der Waals surface area contributed by atoms with E-state index >= 15 is 0 Å². The number of esters is 1. The number of alkyl halides is 1. The highest BCUT2D eigenvalue weighted by atomic mass is 79.9. The zero-order valence-corrected chi connectivity index (χ0v) is 15.2. The summed E-state index contributed by atoms with van der Waals surface area (Å²) >= 11 is 3.30. The van der Waals surface area contributed by atoms with Crippen LogP contribution < -0.4 is 0 Å². The molecule has 2 nitrogen and oxygen atoms in total. The summed E-state index contributed by atoms with van der Waals surface area (Å²) in [5.74, 6) is -0.123. The van der Waals surface area contributed by atoms with Gasteiger partial charge in [0.1, 0.15) is 6.61 Å². The third-order valence-corrected chi connectivity index (χ3v) is 4.78. The fraction of sp³-hybridized carbons (Fsp3) is 0.286. The first-order valence-corrected chi connectivity index (χ1v) is 9.47. The molecule has 3 rings (SSSR count). The van der Waals surface area contributed by atoms with E-state index in [0.29, 0.717) is 11.9 Å². The summed E-state index contributed by atoms with van der Waals surface area (Å²) in [5, 5.41) is 0.683. The molecular weight excluding hydrogens is 364 g/mol. The van der Waals surface area contributed by atoms with Gasteiger partial charge in [-0.15, -0.1) is 0 Å². The molecule has 2 aromatic carbocycles. The van der Waals surface area contributed by atoms with Crippen LogP contribution in [0.15, 0.2) is 60.7 Å². The Bertz CT molecular complexity index is 707. The van der Waals surface area contributed by atoms with Gasteiger partial charge in [-0.05, 0) is 41.5 Å². The Labute approximate surface area is 151 Å². The van der Waals surface area contributed by atoms with Crippen molar-refractivity contribution in [3.8, 4) is 0 Å². The number of allylic oxidation sites excluding steroid dienone is 2. The molecule has 0 N–H and O–H groups in total. The van der Waals surface area contributed by atoms with Crippen LogP contribution in [0.25, 0.3) is 11.1 Å². The average Bonchev–Trinajstić information content (AvgIpc) is 2.67. The molecule has 0 aromatic heterocycles. The maximum absolute atomic E-state index is 12.3. The smallest absolute Gasteiger partial charge is 0.309 e. The van der Waals surface area contributed by atoms with Crippen molar-refractivity contribution in [2.75, 3.05) is 11.9 Å². The summed E-state index contributed by atoms with van der Waals surface area (Å²) in [6.45, 7) is 0.436. The van der Waals surface area contributed by atoms with Crippen LogP contribution in [0.2, 0.25) is 0 Å². The Kier molecular flexibility index (Phi) is 5.86. The topological polar surface area (TPSA) is 26.3 Å². The van der Waals surface area contributed by atoms with Crippen molar-refractivity contribution in [2.24, 2.45) is 5.92 Å². The van der Waals surface area contributed by atoms with E-state index in [1.54, 1.807) is 0 Å². The standard InChI is InChI=1S/C21H21BrO2/c22-13-14-24-21(23)18-11-12-19(16-7-3-1-4-8-16)20(15-18)17-9-5-2-6-10-17/h1-10,18H,11-15H2. The normalized spacial score (nSPS) is 17.6. The largest absolute Gasteiger partial charge is 0.465 e. The van der Waals surface area contributed by atoms with E-state index < -0.39 is 0 Å². The third kappa shape index (κ3) is 3.96. The van der Waals surface area contributed by atoms with Crippen molar-refractivity contribution in [2.45, 2.75) is 19.3 Å². The van der Waals surface area contributed by atoms with Gasteiger partial charge in [0, 0.05) is 5.33 Å². The number of hydrogen-bond donors (Lipinski definition) is 0. The van der Waals surface area contributed by atoms with Gasteiger partial charge in [0.25, 0.3) is 0 Å². The second-order valence-corrected chi connectivity index (χ2v) is 6.78. The van der Waals surface area contributed by atoms with Crippen LogP contribution in [0.1, 0.15) is 30.4 Å². The molecule has 0 heterocycles. The molecule has 0 amide bonds. The Morgan fingerprint density at radius 3 is 2.12 bits per heavy atom. The number of rotatable bonds is 5. The predicted octanol–water partition coefficient (Wildman–Crippen LogP) is 5.34. The SMILES string of the molecule is O=C(OCCBr)C1CCC(c2ccccc2)=C(c2ccccc2)C1. The van der Waals surface area contributed by atoms with Gasteiger partial charge in [-0.2, -0.15) is 0 Å². The van der Waals surface area contributed by atoms with Crippen molar-refractivity contribution in [1.82, 2.24) is 0 Å². The molecule has 124 valence electrons. The zero-order valence-electron chi connectivity index (χ0n) is 13.6. The van der Waals surface area contributed by atoms with Gasteiger partial charge in [-0.25, -0.2) is 0 Å². The van der Waals surface area contributed by atoms with Crippen molar-refractivity contribution in [3.05, 3.63) is 71.8 Å². The van der Waals surface area contributed by atoms with Crippen molar-refractivity contribution in [3.63, 3.8) is 0 Å². The van der Waals surface area contributed by atoms with Crippen molar-refractivity contribution in [1.29, 1.82) is 0 Å². The highest BCUT2D eigenvalue weighted by molar-refractivity contribution is 9.09. The predicted molar refractivity (Wildman–Crippen MR) is 102 cm³/mol. The van der Waals surface area contributed by atoms with Gasteiger partial charge in [-0.3, -0.25) is 4.79 Å². The fourth-order valence-electron chi connectivity index (χ4n) is 3.29. The van der Waals surface area contributed by atoms with Crippen molar-refractivity contribution >= 4 is 33.0 Å². The van der Waals surface area contributed by atoms with Crippen LogP contribution in [0.5, 0.6) is 0 Å². The van der Waals surface area contributed by atoms with Gasteiger partial charge in [0.2, 0.25) is 0 Å². The van der Waals surface area contributed by atoms with Crippen LogP contribution in [0.4, 0.5) is 0 Å². The molecule has 0 fully saturated rings. The van der Waals surface area contributed by atoms with Gasteiger partial charge < -0.3 is 4.74 Å². The minimum atomic E-state index is -0.0741. The molecule has 2 aromatic rings. The molecule has 1 aliphatic rings. The van der Waals surface area contributed by atoms with E-state index in [1.165, 1.54) is 22.3 Å². The van der Waals surface area contributed by atoms with Crippen molar-refractivity contribution < 1.29 is 9.53 Å². The molecule has 1 unspecified atom stereocenters. The zero-order chi connectivity index (χ0) is 16.8. The van der Waals surface area contributed by atoms with E-state index in [4.69, 9.17) is 4.74 Å². The average molecular weight is 385 g/mol. The van der Waals surface area contributed by atoms with Gasteiger partial charge in [0.15, 0.2) is 0 Å². The summed E-state index contributed by atoms with van der Waals surface area (Å²) in [6, 6.07) is 20.9. The molecule has 1 atom stereocenters. The van der Waals surface area contributed by atoms with E-state index in [-0.39, 0.29) is 11.9 Å². The monoisotopic (exact) mass is 384 g/mol. The second-order valence-electron chi connectivity index (χ2n) is 5.99. The molecule has 24 heavy (non-hydrogen) atoms. The molecular formula is C21H21BrO2. The first-order valence-electron chi connectivity index (χ1n) is 8.35. The molecule has 0 radical (unpaired) electrons. The summed E-state index contributed by atoms with van der Waals surface area (Å²) < 4.78 is 5.35. The number of ether oxygens (including phenoxy) is 1. The molecule has 0 bridgehead atoms.